The van der Waals surface area contributed by atoms with E-state index in [1.165, 1.54) is 0 Å². The molecule has 1 atom stereocenters. The van der Waals surface area contributed by atoms with Crippen LogP contribution in [0.2, 0.25) is 0 Å². The van der Waals surface area contributed by atoms with E-state index in [1.807, 2.05) is 12.1 Å². The average Bonchev–Trinajstić information content (AvgIpc) is 2.53. The molecule has 0 aliphatic carbocycles. The van der Waals surface area contributed by atoms with Crippen LogP contribution in [0.3, 0.4) is 0 Å². The van der Waals surface area contributed by atoms with Gasteiger partial charge in [-0.25, -0.2) is 0 Å². The standard InChI is InChI=1S/C10H15NO2/c1-8(10-3-2-4-13-10)11-5-9(6-11)7-12/h2-4,8-9,12H,5-7H2,1H3/t8-/m0/s1. The Morgan fingerprint density at radius 3 is 3.00 bits per heavy atom. The van der Waals surface area contributed by atoms with E-state index in [2.05, 4.69) is 11.8 Å². The van der Waals surface area contributed by atoms with E-state index in [0.29, 0.717) is 18.6 Å². The van der Waals surface area contributed by atoms with Gasteiger partial charge in [-0.05, 0) is 19.1 Å². The maximum absolute atomic E-state index is 8.87. The number of hydrogen-bond donors (Lipinski definition) is 1. The van der Waals surface area contributed by atoms with Crippen molar-refractivity contribution in [2.75, 3.05) is 19.7 Å². The molecule has 0 saturated carbocycles. The number of furan rings is 1. The summed E-state index contributed by atoms with van der Waals surface area (Å²) in [6, 6.07) is 4.25. The van der Waals surface area contributed by atoms with Gasteiger partial charge in [-0.1, -0.05) is 0 Å². The maximum Gasteiger partial charge on any atom is 0.120 e. The molecule has 0 aromatic carbocycles. The highest BCUT2D eigenvalue weighted by Gasteiger charge is 2.31. The molecule has 1 aromatic heterocycles. The van der Waals surface area contributed by atoms with Crippen LogP contribution in [-0.4, -0.2) is 29.7 Å². The molecule has 0 amide bonds. The molecule has 0 unspecified atom stereocenters. The first-order valence-corrected chi connectivity index (χ1v) is 4.69. The molecule has 2 heterocycles. The van der Waals surface area contributed by atoms with Crippen molar-refractivity contribution >= 4 is 0 Å². The summed E-state index contributed by atoms with van der Waals surface area (Å²) in [5, 5.41) is 8.87. The van der Waals surface area contributed by atoms with E-state index in [0.717, 1.165) is 18.8 Å². The smallest absolute Gasteiger partial charge is 0.120 e. The molecule has 3 nitrogen and oxygen atoms in total. The van der Waals surface area contributed by atoms with Crippen molar-refractivity contribution in [2.45, 2.75) is 13.0 Å². The lowest BCUT2D eigenvalue weighted by Crippen LogP contribution is -2.49. The van der Waals surface area contributed by atoms with Crippen LogP contribution in [0, 0.1) is 5.92 Å². The first-order valence-electron chi connectivity index (χ1n) is 4.69. The first-order chi connectivity index (χ1) is 6.31. The van der Waals surface area contributed by atoms with Gasteiger partial charge >= 0.3 is 0 Å². The quantitative estimate of drug-likeness (QED) is 0.762. The number of rotatable bonds is 3. The Bertz CT molecular complexity index is 252. The van der Waals surface area contributed by atoms with Crippen molar-refractivity contribution < 1.29 is 9.52 Å². The Hall–Kier alpha value is -0.800. The van der Waals surface area contributed by atoms with Crippen LogP contribution in [0.15, 0.2) is 22.8 Å². The molecule has 1 aliphatic heterocycles. The zero-order chi connectivity index (χ0) is 9.26. The van der Waals surface area contributed by atoms with E-state index in [-0.39, 0.29) is 0 Å². The van der Waals surface area contributed by atoms with Gasteiger partial charge in [0.15, 0.2) is 0 Å². The highest BCUT2D eigenvalue weighted by atomic mass is 16.3. The van der Waals surface area contributed by atoms with E-state index >= 15 is 0 Å². The first kappa shape index (κ1) is 8.78. The number of hydrogen-bond acceptors (Lipinski definition) is 3. The zero-order valence-corrected chi connectivity index (χ0v) is 7.81. The number of aliphatic hydroxyl groups excluding tert-OH is 1. The van der Waals surface area contributed by atoms with Gasteiger partial charge in [-0.15, -0.1) is 0 Å². The van der Waals surface area contributed by atoms with Gasteiger partial charge in [-0.2, -0.15) is 0 Å². The molecule has 0 bridgehead atoms. The Morgan fingerprint density at radius 2 is 2.46 bits per heavy atom. The second-order valence-corrected chi connectivity index (χ2v) is 3.69. The lowest BCUT2D eigenvalue weighted by atomic mass is 9.98. The minimum Gasteiger partial charge on any atom is -0.468 e. The van der Waals surface area contributed by atoms with Crippen LogP contribution >= 0.6 is 0 Å². The number of likely N-dealkylation sites (tertiary alicyclic amines) is 1. The van der Waals surface area contributed by atoms with Gasteiger partial charge in [0.1, 0.15) is 5.76 Å². The van der Waals surface area contributed by atoms with Crippen LogP contribution in [0.5, 0.6) is 0 Å². The fourth-order valence-electron chi connectivity index (χ4n) is 1.75. The van der Waals surface area contributed by atoms with Gasteiger partial charge in [0.25, 0.3) is 0 Å². The lowest BCUT2D eigenvalue weighted by Gasteiger charge is -2.41. The molecular weight excluding hydrogens is 166 g/mol. The second kappa shape index (κ2) is 3.52. The third-order valence-corrected chi connectivity index (χ3v) is 2.75. The predicted molar refractivity (Wildman–Crippen MR) is 49.3 cm³/mol. The molecule has 1 fully saturated rings. The van der Waals surface area contributed by atoms with E-state index in [9.17, 15) is 0 Å². The lowest BCUT2D eigenvalue weighted by molar-refractivity contribution is 0.0180. The summed E-state index contributed by atoms with van der Waals surface area (Å²) in [7, 11) is 0. The Kier molecular flexibility index (Phi) is 2.38. The molecule has 0 spiro atoms. The monoisotopic (exact) mass is 181 g/mol. The second-order valence-electron chi connectivity index (χ2n) is 3.69. The summed E-state index contributed by atoms with van der Waals surface area (Å²) in [6.45, 7) is 4.41. The fourth-order valence-corrected chi connectivity index (χ4v) is 1.75. The average molecular weight is 181 g/mol. The SMILES string of the molecule is C[C@@H](c1ccco1)N1CC(CO)C1. The maximum atomic E-state index is 8.87. The molecule has 1 N–H and O–H groups in total. The number of aliphatic hydroxyl groups is 1. The van der Waals surface area contributed by atoms with Crippen LogP contribution in [0.1, 0.15) is 18.7 Å². The molecule has 13 heavy (non-hydrogen) atoms. The molecule has 0 radical (unpaired) electrons. The Morgan fingerprint density at radius 1 is 1.69 bits per heavy atom. The zero-order valence-electron chi connectivity index (χ0n) is 7.81. The van der Waals surface area contributed by atoms with Crippen molar-refractivity contribution in [1.29, 1.82) is 0 Å². The van der Waals surface area contributed by atoms with Crippen molar-refractivity contribution in [3.8, 4) is 0 Å². The summed E-state index contributed by atoms with van der Waals surface area (Å²) in [6.07, 6.45) is 1.70. The summed E-state index contributed by atoms with van der Waals surface area (Å²) in [4.78, 5) is 2.31. The van der Waals surface area contributed by atoms with Gasteiger partial charge in [-0.3, -0.25) is 4.90 Å². The fraction of sp³-hybridized carbons (Fsp3) is 0.600. The normalized spacial score (nSPS) is 21.4. The minimum absolute atomic E-state index is 0.307. The summed E-state index contributed by atoms with van der Waals surface area (Å²) >= 11 is 0. The third-order valence-electron chi connectivity index (χ3n) is 2.75. The van der Waals surface area contributed by atoms with Crippen molar-refractivity contribution in [1.82, 2.24) is 4.90 Å². The highest BCUT2D eigenvalue weighted by Crippen LogP contribution is 2.27. The Balaban J connectivity index is 1.90. The van der Waals surface area contributed by atoms with E-state index in [4.69, 9.17) is 9.52 Å². The topological polar surface area (TPSA) is 36.6 Å². The van der Waals surface area contributed by atoms with Crippen molar-refractivity contribution in [3.63, 3.8) is 0 Å². The van der Waals surface area contributed by atoms with Crippen LogP contribution in [0.25, 0.3) is 0 Å². The summed E-state index contributed by atoms with van der Waals surface area (Å²) in [5.74, 6) is 1.48. The van der Waals surface area contributed by atoms with Crippen molar-refractivity contribution in [3.05, 3.63) is 24.2 Å². The summed E-state index contributed by atoms with van der Waals surface area (Å²) in [5.41, 5.74) is 0. The largest absolute Gasteiger partial charge is 0.468 e. The predicted octanol–water partition coefficient (Wildman–Crippen LogP) is 1.26. The van der Waals surface area contributed by atoms with Crippen LogP contribution in [-0.2, 0) is 0 Å². The van der Waals surface area contributed by atoms with Gasteiger partial charge in [0.05, 0.1) is 12.3 Å². The Labute approximate surface area is 78.0 Å². The molecule has 72 valence electrons. The molecule has 1 aliphatic rings. The van der Waals surface area contributed by atoms with E-state index < -0.39 is 0 Å². The molecule has 1 aromatic rings. The minimum atomic E-state index is 0.307. The molecule has 3 heteroatoms. The van der Waals surface area contributed by atoms with Gasteiger partial charge in [0.2, 0.25) is 0 Å². The molecule has 1 saturated heterocycles. The van der Waals surface area contributed by atoms with Crippen molar-refractivity contribution in [2.24, 2.45) is 5.92 Å². The third kappa shape index (κ3) is 1.62. The highest BCUT2D eigenvalue weighted by molar-refractivity contribution is 5.05. The number of nitrogens with zero attached hydrogens (tertiary/aromatic N) is 1. The molecular formula is C10H15NO2. The van der Waals surface area contributed by atoms with Gasteiger partial charge in [0, 0.05) is 25.6 Å². The van der Waals surface area contributed by atoms with Crippen LogP contribution < -0.4 is 0 Å². The van der Waals surface area contributed by atoms with E-state index in [1.54, 1.807) is 6.26 Å². The van der Waals surface area contributed by atoms with Gasteiger partial charge < -0.3 is 9.52 Å². The van der Waals surface area contributed by atoms with Crippen LogP contribution in [0.4, 0.5) is 0 Å². The molecule has 2 rings (SSSR count). The summed E-state index contributed by atoms with van der Waals surface area (Å²) < 4.78 is 5.32.